The molecule has 0 heterocycles. The molecule has 0 aromatic heterocycles. The molecular formula is C15H19ClN2O. The summed E-state index contributed by atoms with van der Waals surface area (Å²) in [6, 6.07) is 7.39. The van der Waals surface area contributed by atoms with Crippen LogP contribution in [-0.4, -0.2) is 25.0 Å². The summed E-state index contributed by atoms with van der Waals surface area (Å²) in [6.45, 7) is 0. The van der Waals surface area contributed by atoms with E-state index in [9.17, 15) is 4.79 Å². The Morgan fingerprint density at radius 2 is 1.84 bits per heavy atom. The third kappa shape index (κ3) is 3.29. The van der Waals surface area contributed by atoms with Gasteiger partial charge in [-0.25, -0.2) is 4.79 Å². The van der Waals surface area contributed by atoms with Crippen LogP contribution in [0.2, 0.25) is 5.02 Å². The molecule has 4 heteroatoms. The van der Waals surface area contributed by atoms with Crippen LogP contribution in [0.4, 0.5) is 10.5 Å². The molecule has 0 unspecified atom stereocenters. The third-order valence-electron chi connectivity index (χ3n) is 3.21. The molecular weight excluding hydrogens is 260 g/mol. The number of allylic oxidation sites excluding steroid dienone is 2. The second-order valence-corrected chi connectivity index (χ2v) is 5.37. The SMILES string of the molecule is CN(C)C(=O)N(C1=CCCCC1)c1ccc(Cl)cc1. The van der Waals surface area contributed by atoms with Gasteiger partial charge in [0, 0.05) is 24.8 Å². The van der Waals surface area contributed by atoms with E-state index >= 15 is 0 Å². The highest BCUT2D eigenvalue weighted by molar-refractivity contribution is 6.30. The molecule has 0 saturated carbocycles. The summed E-state index contributed by atoms with van der Waals surface area (Å²) in [6.07, 6.45) is 6.49. The maximum Gasteiger partial charge on any atom is 0.328 e. The van der Waals surface area contributed by atoms with Gasteiger partial charge in [-0.05, 0) is 49.9 Å². The Labute approximate surface area is 119 Å². The van der Waals surface area contributed by atoms with Gasteiger partial charge >= 0.3 is 6.03 Å². The molecule has 1 aliphatic carbocycles. The fraction of sp³-hybridized carbons (Fsp3) is 0.400. The highest BCUT2D eigenvalue weighted by Crippen LogP contribution is 2.28. The van der Waals surface area contributed by atoms with Gasteiger partial charge in [-0.1, -0.05) is 17.7 Å². The molecule has 0 spiro atoms. The zero-order valence-corrected chi connectivity index (χ0v) is 12.2. The lowest BCUT2D eigenvalue weighted by Gasteiger charge is -2.30. The summed E-state index contributed by atoms with van der Waals surface area (Å²) >= 11 is 5.92. The van der Waals surface area contributed by atoms with E-state index in [0.717, 1.165) is 30.6 Å². The number of hydrogen-bond acceptors (Lipinski definition) is 1. The topological polar surface area (TPSA) is 23.6 Å². The number of carbonyl (C=O) groups is 1. The quantitative estimate of drug-likeness (QED) is 0.792. The molecule has 1 aliphatic rings. The third-order valence-corrected chi connectivity index (χ3v) is 3.46. The van der Waals surface area contributed by atoms with Crippen molar-refractivity contribution >= 4 is 23.3 Å². The first-order valence-corrected chi connectivity index (χ1v) is 6.93. The molecule has 1 aromatic rings. The van der Waals surface area contributed by atoms with E-state index in [1.807, 2.05) is 24.3 Å². The zero-order chi connectivity index (χ0) is 13.8. The van der Waals surface area contributed by atoms with Crippen LogP contribution in [0.15, 0.2) is 36.0 Å². The molecule has 2 amide bonds. The number of anilines is 1. The largest absolute Gasteiger partial charge is 0.330 e. The van der Waals surface area contributed by atoms with E-state index in [-0.39, 0.29) is 6.03 Å². The van der Waals surface area contributed by atoms with Gasteiger partial charge in [0.05, 0.1) is 5.69 Å². The predicted octanol–water partition coefficient (Wildman–Crippen LogP) is 4.29. The van der Waals surface area contributed by atoms with Crippen molar-refractivity contribution in [1.29, 1.82) is 0 Å². The fourth-order valence-corrected chi connectivity index (χ4v) is 2.34. The van der Waals surface area contributed by atoms with Crippen LogP contribution in [0.5, 0.6) is 0 Å². The maximum absolute atomic E-state index is 12.4. The van der Waals surface area contributed by atoms with E-state index in [0.29, 0.717) is 5.02 Å². The van der Waals surface area contributed by atoms with Crippen molar-refractivity contribution in [1.82, 2.24) is 4.90 Å². The average molecular weight is 279 g/mol. The molecule has 1 aromatic carbocycles. The standard InChI is InChI=1S/C15H19ClN2O/c1-17(2)15(19)18(13-6-4-3-5-7-13)14-10-8-12(16)9-11-14/h6,8-11H,3-5,7H2,1-2H3. The highest BCUT2D eigenvalue weighted by Gasteiger charge is 2.22. The molecule has 0 aliphatic heterocycles. The van der Waals surface area contributed by atoms with Gasteiger partial charge in [-0.2, -0.15) is 0 Å². The second-order valence-electron chi connectivity index (χ2n) is 4.93. The smallest absolute Gasteiger partial charge is 0.328 e. The minimum atomic E-state index is -0.0181. The number of carbonyl (C=O) groups excluding carboxylic acids is 1. The van der Waals surface area contributed by atoms with Crippen LogP contribution in [0.3, 0.4) is 0 Å². The summed E-state index contributed by atoms with van der Waals surface area (Å²) < 4.78 is 0. The number of nitrogens with zero attached hydrogens (tertiary/aromatic N) is 2. The van der Waals surface area contributed by atoms with Crippen LogP contribution in [0.1, 0.15) is 25.7 Å². The summed E-state index contributed by atoms with van der Waals surface area (Å²) in [7, 11) is 3.54. The first-order chi connectivity index (χ1) is 9.09. The first-order valence-electron chi connectivity index (χ1n) is 6.55. The number of rotatable bonds is 2. The minimum Gasteiger partial charge on any atom is -0.330 e. The lowest BCUT2D eigenvalue weighted by atomic mass is 10.0. The predicted molar refractivity (Wildman–Crippen MR) is 79.6 cm³/mol. The lowest BCUT2D eigenvalue weighted by Crippen LogP contribution is -2.39. The van der Waals surface area contributed by atoms with Gasteiger partial charge in [0.15, 0.2) is 0 Å². The van der Waals surface area contributed by atoms with E-state index < -0.39 is 0 Å². The highest BCUT2D eigenvalue weighted by atomic mass is 35.5. The Kier molecular flexibility index (Phi) is 4.48. The Balaban J connectivity index is 2.36. The van der Waals surface area contributed by atoms with Crippen molar-refractivity contribution in [2.45, 2.75) is 25.7 Å². The van der Waals surface area contributed by atoms with Crippen LogP contribution in [-0.2, 0) is 0 Å². The summed E-state index contributed by atoms with van der Waals surface area (Å²) in [5.74, 6) is 0. The first kappa shape index (κ1) is 13.9. The van der Waals surface area contributed by atoms with Crippen molar-refractivity contribution in [3.8, 4) is 0 Å². The van der Waals surface area contributed by atoms with Gasteiger partial charge in [0.25, 0.3) is 0 Å². The lowest BCUT2D eigenvalue weighted by molar-refractivity contribution is 0.225. The number of amides is 2. The van der Waals surface area contributed by atoms with Crippen molar-refractivity contribution < 1.29 is 4.79 Å². The van der Waals surface area contributed by atoms with Gasteiger partial charge < -0.3 is 4.90 Å². The van der Waals surface area contributed by atoms with Crippen LogP contribution in [0, 0.1) is 0 Å². The van der Waals surface area contributed by atoms with Crippen LogP contribution < -0.4 is 4.90 Å². The summed E-state index contributed by atoms with van der Waals surface area (Å²) in [5.41, 5.74) is 1.96. The number of hydrogen-bond donors (Lipinski definition) is 0. The van der Waals surface area contributed by atoms with Gasteiger partial charge in [-0.3, -0.25) is 4.90 Å². The number of halogens is 1. The Bertz CT molecular complexity index is 479. The fourth-order valence-electron chi connectivity index (χ4n) is 2.21. The van der Waals surface area contributed by atoms with Crippen LogP contribution in [0.25, 0.3) is 0 Å². The molecule has 19 heavy (non-hydrogen) atoms. The molecule has 3 nitrogen and oxygen atoms in total. The van der Waals surface area contributed by atoms with Gasteiger partial charge in [0.1, 0.15) is 0 Å². The molecule has 2 rings (SSSR count). The average Bonchev–Trinajstić information content (AvgIpc) is 2.42. The molecule has 0 bridgehead atoms. The van der Waals surface area contributed by atoms with Crippen molar-refractivity contribution in [3.05, 3.63) is 41.1 Å². The Morgan fingerprint density at radius 3 is 2.37 bits per heavy atom. The van der Waals surface area contributed by atoms with Gasteiger partial charge in [0.2, 0.25) is 0 Å². The molecule has 102 valence electrons. The van der Waals surface area contributed by atoms with E-state index in [2.05, 4.69) is 6.08 Å². The maximum atomic E-state index is 12.4. The molecule has 0 radical (unpaired) electrons. The molecule has 0 saturated heterocycles. The van der Waals surface area contributed by atoms with Gasteiger partial charge in [-0.15, -0.1) is 0 Å². The summed E-state index contributed by atoms with van der Waals surface area (Å²) in [4.78, 5) is 15.8. The van der Waals surface area contributed by atoms with Crippen LogP contribution >= 0.6 is 11.6 Å². The summed E-state index contributed by atoms with van der Waals surface area (Å²) in [5, 5.41) is 0.679. The van der Waals surface area contributed by atoms with Crippen molar-refractivity contribution in [2.24, 2.45) is 0 Å². The normalized spacial score (nSPS) is 14.8. The molecule has 0 fully saturated rings. The number of urea groups is 1. The number of benzene rings is 1. The minimum absolute atomic E-state index is 0.0181. The molecule has 0 atom stereocenters. The van der Waals surface area contributed by atoms with Crippen molar-refractivity contribution in [3.63, 3.8) is 0 Å². The Morgan fingerprint density at radius 1 is 1.16 bits per heavy atom. The van der Waals surface area contributed by atoms with E-state index in [4.69, 9.17) is 11.6 Å². The van der Waals surface area contributed by atoms with E-state index in [1.54, 1.807) is 23.9 Å². The Hall–Kier alpha value is -1.48. The monoisotopic (exact) mass is 278 g/mol. The molecule has 0 N–H and O–H groups in total. The zero-order valence-electron chi connectivity index (χ0n) is 11.4. The van der Waals surface area contributed by atoms with Crippen molar-refractivity contribution in [2.75, 3.05) is 19.0 Å². The second kappa shape index (κ2) is 6.11. The van der Waals surface area contributed by atoms with E-state index in [1.165, 1.54) is 6.42 Å².